The summed E-state index contributed by atoms with van der Waals surface area (Å²) in [6.07, 6.45) is 1.42. The average molecular weight is 394 g/mol. The van der Waals surface area contributed by atoms with Crippen LogP contribution >= 0.6 is 11.6 Å². The fourth-order valence-electron chi connectivity index (χ4n) is 3.21. The second kappa shape index (κ2) is 8.27. The Morgan fingerprint density at radius 3 is 2.46 bits per heavy atom. The van der Waals surface area contributed by atoms with Crippen molar-refractivity contribution < 1.29 is 4.79 Å². The number of para-hydroxylation sites is 1. The SMILES string of the molecule is O=C(c1cc(Nc2ccccc2)ncn1)N1CCN(c2cccc(Cl)c2)CC1. The van der Waals surface area contributed by atoms with Crippen LogP contribution in [0.1, 0.15) is 10.5 Å². The summed E-state index contributed by atoms with van der Waals surface area (Å²) < 4.78 is 0. The zero-order valence-corrected chi connectivity index (χ0v) is 16.0. The third-order valence-electron chi connectivity index (χ3n) is 4.67. The number of aromatic nitrogens is 2. The molecule has 0 radical (unpaired) electrons. The van der Waals surface area contributed by atoms with E-state index in [9.17, 15) is 4.79 Å². The maximum absolute atomic E-state index is 12.9. The highest BCUT2D eigenvalue weighted by Gasteiger charge is 2.23. The van der Waals surface area contributed by atoms with E-state index in [2.05, 4.69) is 20.2 Å². The second-order valence-electron chi connectivity index (χ2n) is 6.54. The van der Waals surface area contributed by atoms with Crippen molar-refractivity contribution in [2.24, 2.45) is 0 Å². The van der Waals surface area contributed by atoms with Crippen molar-refractivity contribution in [1.82, 2.24) is 14.9 Å². The normalized spacial score (nSPS) is 14.0. The molecule has 1 saturated heterocycles. The van der Waals surface area contributed by atoms with Crippen LogP contribution < -0.4 is 10.2 Å². The molecule has 7 heteroatoms. The minimum absolute atomic E-state index is 0.0794. The zero-order chi connectivity index (χ0) is 19.3. The highest BCUT2D eigenvalue weighted by Crippen LogP contribution is 2.21. The van der Waals surface area contributed by atoms with Gasteiger partial charge < -0.3 is 15.1 Å². The van der Waals surface area contributed by atoms with Gasteiger partial charge in [0, 0.05) is 48.6 Å². The number of benzene rings is 2. The first-order valence-corrected chi connectivity index (χ1v) is 9.51. The van der Waals surface area contributed by atoms with Crippen LogP contribution in [0.5, 0.6) is 0 Å². The van der Waals surface area contributed by atoms with Gasteiger partial charge in [-0.15, -0.1) is 0 Å². The van der Waals surface area contributed by atoms with Crippen molar-refractivity contribution in [1.29, 1.82) is 0 Å². The van der Waals surface area contributed by atoms with E-state index in [1.54, 1.807) is 6.07 Å². The van der Waals surface area contributed by atoms with Gasteiger partial charge in [-0.3, -0.25) is 4.79 Å². The molecule has 3 aromatic rings. The molecule has 0 bridgehead atoms. The molecule has 1 aromatic heterocycles. The lowest BCUT2D eigenvalue weighted by molar-refractivity contribution is 0.0740. The molecule has 1 aliphatic rings. The minimum Gasteiger partial charge on any atom is -0.368 e. The van der Waals surface area contributed by atoms with Crippen molar-refractivity contribution >= 4 is 34.7 Å². The molecule has 0 unspecified atom stereocenters. The third kappa shape index (κ3) is 4.23. The molecule has 2 aromatic carbocycles. The summed E-state index contributed by atoms with van der Waals surface area (Å²) in [4.78, 5) is 25.3. The van der Waals surface area contributed by atoms with E-state index in [0.717, 1.165) is 29.5 Å². The maximum atomic E-state index is 12.9. The standard InChI is InChI=1S/C21H20ClN5O/c22-16-5-4-8-18(13-16)26-9-11-27(12-10-26)21(28)19-14-20(24-15-23-19)25-17-6-2-1-3-7-17/h1-8,13-15H,9-12H2,(H,23,24,25). The van der Waals surface area contributed by atoms with Gasteiger partial charge in [0.2, 0.25) is 0 Å². The number of anilines is 3. The molecule has 6 nitrogen and oxygen atoms in total. The Hall–Kier alpha value is -3.12. The Kier molecular flexibility index (Phi) is 5.39. The van der Waals surface area contributed by atoms with E-state index < -0.39 is 0 Å². The number of hydrogen-bond acceptors (Lipinski definition) is 5. The molecule has 2 heterocycles. The van der Waals surface area contributed by atoms with Crippen LogP contribution in [0.4, 0.5) is 17.2 Å². The Balaban J connectivity index is 1.41. The molecule has 4 rings (SSSR count). The van der Waals surface area contributed by atoms with Crippen molar-refractivity contribution in [3.8, 4) is 0 Å². The number of amides is 1. The van der Waals surface area contributed by atoms with Gasteiger partial charge in [-0.1, -0.05) is 35.9 Å². The first kappa shape index (κ1) is 18.3. The van der Waals surface area contributed by atoms with Crippen LogP contribution in [0.2, 0.25) is 5.02 Å². The van der Waals surface area contributed by atoms with Gasteiger partial charge in [0.25, 0.3) is 5.91 Å². The molecule has 0 aliphatic carbocycles. The lowest BCUT2D eigenvalue weighted by Crippen LogP contribution is -2.49. The van der Waals surface area contributed by atoms with Crippen LogP contribution in [0.3, 0.4) is 0 Å². The van der Waals surface area contributed by atoms with Gasteiger partial charge >= 0.3 is 0 Å². The highest BCUT2D eigenvalue weighted by molar-refractivity contribution is 6.30. The average Bonchev–Trinajstić information content (AvgIpc) is 2.74. The predicted molar refractivity (Wildman–Crippen MR) is 111 cm³/mol. The Morgan fingerprint density at radius 1 is 0.929 bits per heavy atom. The zero-order valence-electron chi connectivity index (χ0n) is 15.3. The van der Waals surface area contributed by atoms with Gasteiger partial charge in [0.15, 0.2) is 0 Å². The first-order valence-electron chi connectivity index (χ1n) is 9.13. The van der Waals surface area contributed by atoms with E-state index in [4.69, 9.17) is 11.6 Å². The number of piperazine rings is 1. The van der Waals surface area contributed by atoms with Gasteiger partial charge in [-0.05, 0) is 30.3 Å². The van der Waals surface area contributed by atoms with Crippen LogP contribution in [0.15, 0.2) is 67.0 Å². The fraction of sp³-hybridized carbons (Fsp3) is 0.190. The number of hydrogen-bond donors (Lipinski definition) is 1. The third-order valence-corrected chi connectivity index (χ3v) is 4.91. The monoisotopic (exact) mass is 393 g/mol. The number of nitrogens with one attached hydrogen (secondary N) is 1. The maximum Gasteiger partial charge on any atom is 0.272 e. The van der Waals surface area contributed by atoms with E-state index in [1.807, 2.05) is 59.5 Å². The fourth-order valence-corrected chi connectivity index (χ4v) is 3.40. The predicted octanol–water partition coefficient (Wildman–Crippen LogP) is 3.84. The van der Waals surface area contributed by atoms with Gasteiger partial charge in [0.1, 0.15) is 17.8 Å². The molecule has 142 valence electrons. The first-order chi connectivity index (χ1) is 13.7. The summed E-state index contributed by atoms with van der Waals surface area (Å²) in [5.41, 5.74) is 2.38. The Morgan fingerprint density at radius 2 is 1.71 bits per heavy atom. The summed E-state index contributed by atoms with van der Waals surface area (Å²) >= 11 is 6.08. The molecular weight excluding hydrogens is 374 g/mol. The van der Waals surface area contributed by atoms with E-state index in [-0.39, 0.29) is 5.91 Å². The molecule has 1 amide bonds. The summed E-state index contributed by atoms with van der Waals surface area (Å²) in [7, 11) is 0. The van der Waals surface area contributed by atoms with Gasteiger partial charge in [-0.2, -0.15) is 0 Å². The molecule has 1 fully saturated rings. The van der Waals surface area contributed by atoms with Crippen LogP contribution in [0, 0.1) is 0 Å². The number of halogens is 1. The largest absolute Gasteiger partial charge is 0.368 e. The lowest BCUT2D eigenvalue weighted by Gasteiger charge is -2.36. The van der Waals surface area contributed by atoms with Crippen LogP contribution in [0.25, 0.3) is 0 Å². The molecule has 0 saturated carbocycles. The highest BCUT2D eigenvalue weighted by atomic mass is 35.5. The topological polar surface area (TPSA) is 61.4 Å². The van der Waals surface area contributed by atoms with Gasteiger partial charge in [-0.25, -0.2) is 9.97 Å². The van der Waals surface area contributed by atoms with E-state index in [0.29, 0.717) is 24.6 Å². The van der Waals surface area contributed by atoms with Gasteiger partial charge in [0.05, 0.1) is 0 Å². The van der Waals surface area contributed by atoms with Crippen molar-refractivity contribution in [2.75, 3.05) is 36.4 Å². The summed E-state index contributed by atoms with van der Waals surface area (Å²) in [6.45, 7) is 2.78. The molecule has 0 spiro atoms. The summed E-state index contributed by atoms with van der Waals surface area (Å²) in [5.74, 6) is 0.520. The van der Waals surface area contributed by atoms with Crippen molar-refractivity contribution in [3.05, 3.63) is 77.7 Å². The number of carbonyl (C=O) groups excluding carboxylic acids is 1. The molecule has 28 heavy (non-hydrogen) atoms. The lowest BCUT2D eigenvalue weighted by atomic mass is 10.2. The van der Waals surface area contributed by atoms with Crippen LogP contribution in [-0.2, 0) is 0 Å². The summed E-state index contributed by atoms with van der Waals surface area (Å²) in [5, 5.41) is 3.91. The van der Waals surface area contributed by atoms with Crippen molar-refractivity contribution in [2.45, 2.75) is 0 Å². The number of nitrogens with zero attached hydrogens (tertiary/aromatic N) is 4. The van der Waals surface area contributed by atoms with Crippen LogP contribution in [-0.4, -0.2) is 47.0 Å². The quantitative estimate of drug-likeness (QED) is 0.729. The smallest absolute Gasteiger partial charge is 0.272 e. The Labute approximate surface area is 168 Å². The number of carbonyl (C=O) groups is 1. The van der Waals surface area contributed by atoms with E-state index in [1.165, 1.54) is 6.33 Å². The number of rotatable bonds is 4. The minimum atomic E-state index is -0.0794. The van der Waals surface area contributed by atoms with Crippen molar-refractivity contribution in [3.63, 3.8) is 0 Å². The molecule has 0 atom stereocenters. The molecule has 1 N–H and O–H groups in total. The molecular formula is C21H20ClN5O. The second-order valence-corrected chi connectivity index (χ2v) is 6.98. The Bertz CT molecular complexity index is 958. The van der Waals surface area contributed by atoms with E-state index >= 15 is 0 Å². The molecule has 1 aliphatic heterocycles. The summed E-state index contributed by atoms with van der Waals surface area (Å²) in [6, 6.07) is 19.2.